The molecule has 1 fully saturated rings. The molecule has 0 bridgehead atoms. The average molecular weight is 224 g/mol. The highest BCUT2D eigenvalue weighted by molar-refractivity contribution is 5.09. The zero-order valence-electron chi connectivity index (χ0n) is 10.5. The first-order valence-electron chi connectivity index (χ1n) is 6.23. The van der Waals surface area contributed by atoms with Crippen molar-refractivity contribution in [2.75, 3.05) is 0 Å². The summed E-state index contributed by atoms with van der Waals surface area (Å²) in [6.45, 7) is 12.0. The second-order valence-electron chi connectivity index (χ2n) is 4.75. The van der Waals surface area contributed by atoms with Crippen molar-refractivity contribution < 1.29 is 9.84 Å². The van der Waals surface area contributed by atoms with Gasteiger partial charge in [0.2, 0.25) is 0 Å². The van der Waals surface area contributed by atoms with Crippen LogP contribution in [0.4, 0.5) is 0 Å². The van der Waals surface area contributed by atoms with Gasteiger partial charge in [-0.15, -0.1) is 6.58 Å². The van der Waals surface area contributed by atoms with Crippen molar-refractivity contribution in [3.63, 3.8) is 0 Å². The molecule has 0 amide bonds. The van der Waals surface area contributed by atoms with Crippen LogP contribution in [0.15, 0.2) is 24.8 Å². The van der Waals surface area contributed by atoms with Crippen molar-refractivity contribution in [2.24, 2.45) is 5.92 Å². The molecule has 1 aliphatic heterocycles. The van der Waals surface area contributed by atoms with Crippen LogP contribution in [-0.4, -0.2) is 23.4 Å². The van der Waals surface area contributed by atoms with E-state index < -0.39 is 6.10 Å². The van der Waals surface area contributed by atoms with Crippen LogP contribution in [-0.2, 0) is 4.74 Å². The number of rotatable bonds is 5. The number of aliphatic hydroxyl groups excluding tert-OH is 1. The zero-order valence-corrected chi connectivity index (χ0v) is 10.5. The van der Waals surface area contributed by atoms with Crippen LogP contribution in [0.25, 0.3) is 0 Å². The number of aliphatic hydroxyl groups is 1. The Kier molecular flexibility index (Phi) is 5.23. The van der Waals surface area contributed by atoms with E-state index in [9.17, 15) is 5.11 Å². The van der Waals surface area contributed by atoms with Gasteiger partial charge in [0.15, 0.2) is 0 Å². The van der Waals surface area contributed by atoms with Crippen LogP contribution in [0.3, 0.4) is 0 Å². The fourth-order valence-electron chi connectivity index (χ4n) is 2.26. The molecule has 1 N–H and O–H groups in total. The third-order valence-corrected chi connectivity index (χ3v) is 3.45. The average Bonchev–Trinajstić information content (AvgIpc) is 2.29. The zero-order chi connectivity index (χ0) is 12.1. The van der Waals surface area contributed by atoms with Crippen LogP contribution in [0.2, 0.25) is 0 Å². The first-order chi connectivity index (χ1) is 7.58. The van der Waals surface area contributed by atoms with Gasteiger partial charge in [-0.2, -0.15) is 0 Å². The number of ether oxygens (including phenoxy) is 1. The second kappa shape index (κ2) is 6.21. The van der Waals surface area contributed by atoms with Gasteiger partial charge in [0.1, 0.15) is 0 Å². The Balaban J connectivity index is 2.44. The van der Waals surface area contributed by atoms with Crippen LogP contribution < -0.4 is 0 Å². The highest BCUT2D eigenvalue weighted by Crippen LogP contribution is 2.32. The smallest absolute Gasteiger partial charge is 0.0786 e. The Morgan fingerprint density at radius 2 is 2.31 bits per heavy atom. The number of hydrogen-bond acceptors (Lipinski definition) is 2. The second-order valence-corrected chi connectivity index (χ2v) is 4.75. The summed E-state index contributed by atoms with van der Waals surface area (Å²) in [6.07, 6.45) is 5.31. The van der Waals surface area contributed by atoms with E-state index in [0.29, 0.717) is 5.92 Å². The van der Waals surface area contributed by atoms with Crippen molar-refractivity contribution in [3.05, 3.63) is 24.8 Å². The van der Waals surface area contributed by atoms with Crippen molar-refractivity contribution in [1.29, 1.82) is 0 Å². The largest absolute Gasteiger partial charge is 0.389 e. The van der Waals surface area contributed by atoms with E-state index in [-0.39, 0.29) is 12.2 Å². The standard InChI is InChI=1S/C14H24O2/c1-5-12(15)7-8-13-9-10(3)11(4)14(6-2)16-13/h5,10,12-15H,1,4,6-9H2,2-3H3/t10-,12-,13?,14?/m1/s1. The lowest BCUT2D eigenvalue weighted by molar-refractivity contribution is -0.0414. The summed E-state index contributed by atoms with van der Waals surface area (Å²) < 4.78 is 5.97. The van der Waals surface area contributed by atoms with Crippen molar-refractivity contribution in [2.45, 2.75) is 57.8 Å². The minimum Gasteiger partial charge on any atom is -0.389 e. The maximum absolute atomic E-state index is 9.44. The van der Waals surface area contributed by atoms with E-state index in [2.05, 4.69) is 27.0 Å². The molecule has 1 aliphatic rings. The molecule has 0 aromatic carbocycles. The molecule has 1 saturated heterocycles. The highest BCUT2D eigenvalue weighted by atomic mass is 16.5. The fraction of sp³-hybridized carbons (Fsp3) is 0.714. The summed E-state index contributed by atoms with van der Waals surface area (Å²) in [5.74, 6) is 0.532. The molecule has 16 heavy (non-hydrogen) atoms. The molecule has 0 aromatic heterocycles. The third kappa shape index (κ3) is 3.46. The summed E-state index contributed by atoms with van der Waals surface area (Å²) in [5, 5.41) is 9.44. The molecule has 2 nitrogen and oxygen atoms in total. The third-order valence-electron chi connectivity index (χ3n) is 3.45. The molecule has 0 aliphatic carbocycles. The maximum atomic E-state index is 9.44. The minimum absolute atomic E-state index is 0.203. The quantitative estimate of drug-likeness (QED) is 0.727. The van der Waals surface area contributed by atoms with Crippen LogP contribution in [0.5, 0.6) is 0 Å². The van der Waals surface area contributed by atoms with Gasteiger partial charge in [0.05, 0.1) is 18.3 Å². The molecule has 0 saturated carbocycles. The topological polar surface area (TPSA) is 29.5 Å². The maximum Gasteiger partial charge on any atom is 0.0786 e. The van der Waals surface area contributed by atoms with E-state index in [1.807, 2.05) is 0 Å². The Morgan fingerprint density at radius 1 is 1.62 bits per heavy atom. The molecule has 0 aromatic rings. The summed E-state index contributed by atoms with van der Waals surface area (Å²) in [6, 6.07) is 0. The molecule has 0 spiro atoms. The predicted octanol–water partition coefficient (Wildman–Crippen LogP) is 3.07. The molecule has 1 heterocycles. The van der Waals surface area contributed by atoms with Crippen molar-refractivity contribution in [3.8, 4) is 0 Å². The van der Waals surface area contributed by atoms with E-state index in [1.54, 1.807) is 6.08 Å². The van der Waals surface area contributed by atoms with E-state index >= 15 is 0 Å². The normalized spacial score (nSPS) is 32.4. The first kappa shape index (κ1) is 13.5. The Bertz CT molecular complexity index is 247. The molecule has 0 radical (unpaired) electrons. The Morgan fingerprint density at radius 3 is 2.88 bits per heavy atom. The lowest BCUT2D eigenvalue weighted by Crippen LogP contribution is -2.34. The lowest BCUT2D eigenvalue weighted by Gasteiger charge is -2.36. The molecular formula is C14H24O2. The summed E-state index contributed by atoms with van der Waals surface area (Å²) in [4.78, 5) is 0. The molecule has 1 rings (SSSR count). The first-order valence-corrected chi connectivity index (χ1v) is 6.23. The monoisotopic (exact) mass is 224 g/mol. The SMILES string of the molecule is C=C[C@@H](O)CCC1C[C@@H](C)C(=C)C(CC)O1. The van der Waals surface area contributed by atoms with Gasteiger partial charge in [-0.1, -0.05) is 26.5 Å². The fourth-order valence-corrected chi connectivity index (χ4v) is 2.26. The van der Waals surface area contributed by atoms with Gasteiger partial charge in [0.25, 0.3) is 0 Å². The van der Waals surface area contributed by atoms with Crippen molar-refractivity contribution in [1.82, 2.24) is 0 Å². The Hall–Kier alpha value is -0.600. The van der Waals surface area contributed by atoms with Gasteiger partial charge in [-0.05, 0) is 37.2 Å². The molecule has 92 valence electrons. The molecule has 2 unspecified atom stereocenters. The van der Waals surface area contributed by atoms with Crippen molar-refractivity contribution >= 4 is 0 Å². The lowest BCUT2D eigenvalue weighted by atomic mass is 9.86. The predicted molar refractivity (Wildman–Crippen MR) is 67.3 cm³/mol. The Labute approximate surface area is 99.0 Å². The summed E-state index contributed by atoms with van der Waals surface area (Å²) in [5.41, 5.74) is 1.23. The summed E-state index contributed by atoms with van der Waals surface area (Å²) in [7, 11) is 0. The molecule has 4 atom stereocenters. The summed E-state index contributed by atoms with van der Waals surface area (Å²) >= 11 is 0. The van der Waals surface area contributed by atoms with E-state index in [0.717, 1.165) is 25.7 Å². The minimum atomic E-state index is -0.399. The van der Waals surface area contributed by atoms with Gasteiger partial charge in [-0.3, -0.25) is 0 Å². The highest BCUT2D eigenvalue weighted by Gasteiger charge is 2.29. The van der Waals surface area contributed by atoms with Crippen LogP contribution in [0, 0.1) is 5.92 Å². The molecule has 2 heteroatoms. The van der Waals surface area contributed by atoms with Gasteiger partial charge in [0, 0.05) is 0 Å². The van der Waals surface area contributed by atoms with Crippen LogP contribution in [0.1, 0.15) is 39.5 Å². The van der Waals surface area contributed by atoms with E-state index in [4.69, 9.17) is 4.74 Å². The van der Waals surface area contributed by atoms with Gasteiger partial charge in [-0.25, -0.2) is 0 Å². The van der Waals surface area contributed by atoms with E-state index in [1.165, 1.54) is 5.57 Å². The number of hydrogen-bond donors (Lipinski definition) is 1. The molecular weight excluding hydrogens is 200 g/mol. The van der Waals surface area contributed by atoms with Gasteiger partial charge < -0.3 is 9.84 Å². The van der Waals surface area contributed by atoms with Crippen LogP contribution >= 0.6 is 0 Å². The van der Waals surface area contributed by atoms with Gasteiger partial charge >= 0.3 is 0 Å².